The van der Waals surface area contributed by atoms with Gasteiger partial charge in [-0.1, -0.05) is 0 Å². The lowest BCUT2D eigenvalue weighted by atomic mass is 9.98. The van der Waals surface area contributed by atoms with Crippen LogP contribution in [0.3, 0.4) is 0 Å². The number of hydrogen-bond donors (Lipinski definition) is 1. The molecule has 0 spiro atoms. The highest BCUT2D eigenvalue weighted by Gasteiger charge is 2.48. The van der Waals surface area contributed by atoms with Gasteiger partial charge in [0.25, 0.3) is 0 Å². The zero-order valence-electron chi connectivity index (χ0n) is 11.9. The molecule has 8 nitrogen and oxygen atoms in total. The maximum absolute atomic E-state index is 11.1. The summed E-state index contributed by atoms with van der Waals surface area (Å²) in [7, 11) is 2.82. The van der Waals surface area contributed by atoms with Crippen molar-refractivity contribution in [1.29, 1.82) is 0 Å². The summed E-state index contributed by atoms with van der Waals surface area (Å²) in [6.07, 6.45) is -4.54. The topological polar surface area (TPSA) is 101 Å². The molecule has 5 atom stereocenters. The summed E-state index contributed by atoms with van der Waals surface area (Å²) < 4.78 is 25.6. The fourth-order valence-electron chi connectivity index (χ4n) is 2.10. The number of hydrogen-bond acceptors (Lipinski definition) is 8. The van der Waals surface area contributed by atoms with Gasteiger partial charge in [-0.15, -0.1) is 0 Å². The molecule has 0 aromatic heterocycles. The Bertz CT molecular complexity index is 344. The lowest BCUT2D eigenvalue weighted by Crippen LogP contribution is -2.61. The third-order valence-electron chi connectivity index (χ3n) is 2.91. The summed E-state index contributed by atoms with van der Waals surface area (Å²) >= 11 is 0. The van der Waals surface area contributed by atoms with Crippen LogP contribution in [-0.2, 0) is 33.3 Å². The van der Waals surface area contributed by atoms with Crippen molar-refractivity contribution in [2.24, 2.45) is 0 Å². The van der Waals surface area contributed by atoms with Crippen molar-refractivity contribution in [2.75, 3.05) is 20.8 Å². The van der Waals surface area contributed by atoms with E-state index in [0.717, 1.165) is 0 Å². The van der Waals surface area contributed by atoms with E-state index < -0.39 is 42.6 Å². The first-order valence-corrected chi connectivity index (χ1v) is 6.10. The van der Waals surface area contributed by atoms with Gasteiger partial charge in [0.05, 0.1) is 0 Å². The molecule has 20 heavy (non-hydrogen) atoms. The standard InChI is InChI=1S/C12H20O8/c1-6(13)18-5-8-9(16-3)10(17-4)11(12(15)20-8)19-7(2)14/h8-12,15H,5H2,1-4H3/t8-,9-,10+,11-,12-/m1/s1. The molecule has 8 heteroatoms. The van der Waals surface area contributed by atoms with Crippen LogP contribution in [0.1, 0.15) is 13.8 Å². The van der Waals surface area contributed by atoms with E-state index in [-0.39, 0.29) is 6.61 Å². The molecule has 0 unspecified atom stereocenters. The van der Waals surface area contributed by atoms with Crippen molar-refractivity contribution >= 4 is 11.9 Å². The van der Waals surface area contributed by atoms with Crippen LogP contribution >= 0.6 is 0 Å². The highest BCUT2D eigenvalue weighted by atomic mass is 16.7. The average Bonchev–Trinajstić information content (AvgIpc) is 2.37. The molecule has 1 saturated heterocycles. The molecule has 0 saturated carbocycles. The van der Waals surface area contributed by atoms with E-state index in [2.05, 4.69) is 0 Å². The summed E-state index contributed by atoms with van der Waals surface area (Å²) in [5.41, 5.74) is 0. The number of aliphatic hydroxyl groups is 1. The van der Waals surface area contributed by atoms with E-state index in [0.29, 0.717) is 0 Å². The van der Waals surface area contributed by atoms with Crippen molar-refractivity contribution in [3.8, 4) is 0 Å². The molecule has 1 aliphatic rings. The van der Waals surface area contributed by atoms with Crippen LogP contribution in [-0.4, -0.2) is 68.6 Å². The number of carbonyl (C=O) groups is 2. The minimum Gasteiger partial charge on any atom is -0.463 e. The number of ether oxygens (including phenoxy) is 5. The predicted molar refractivity (Wildman–Crippen MR) is 64.7 cm³/mol. The van der Waals surface area contributed by atoms with E-state index >= 15 is 0 Å². The molecule has 116 valence electrons. The fraction of sp³-hybridized carbons (Fsp3) is 0.833. The van der Waals surface area contributed by atoms with Gasteiger partial charge in [0, 0.05) is 28.1 Å². The Labute approximate surface area is 116 Å². The normalized spacial score (nSPS) is 33.5. The van der Waals surface area contributed by atoms with Gasteiger partial charge in [-0.3, -0.25) is 9.59 Å². The molecule has 0 aromatic carbocycles. The molecular weight excluding hydrogens is 272 g/mol. The number of esters is 2. The van der Waals surface area contributed by atoms with Gasteiger partial charge in [-0.05, 0) is 0 Å². The monoisotopic (exact) mass is 292 g/mol. The lowest BCUT2D eigenvalue weighted by Gasteiger charge is -2.42. The van der Waals surface area contributed by atoms with E-state index in [1.807, 2.05) is 0 Å². The van der Waals surface area contributed by atoms with Crippen LogP contribution in [0.15, 0.2) is 0 Å². The van der Waals surface area contributed by atoms with Gasteiger partial charge in [0.1, 0.15) is 24.9 Å². The quantitative estimate of drug-likeness (QED) is 0.659. The summed E-state index contributed by atoms with van der Waals surface area (Å²) in [6, 6.07) is 0. The minimum atomic E-state index is -1.39. The average molecular weight is 292 g/mol. The zero-order chi connectivity index (χ0) is 15.3. The lowest BCUT2D eigenvalue weighted by molar-refractivity contribution is -0.298. The van der Waals surface area contributed by atoms with Gasteiger partial charge in [-0.2, -0.15) is 0 Å². The molecule has 1 rings (SSSR count). The third kappa shape index (κ3) is 4.14. The predicted octanol–water partition coefficient (Wildman–Crippen LogP) is -0.772. The largest absolute Gasteiger partial charge is 0.463 e. The second kappa shape index (κ2) is 7.53. The maximum Gasteiger partial charge on any atom is 0.303 e. The fourth-order valence-corrected chi connectivity index (χ4v) is 2.10. The van der Waals surface area contributed by atoms with Crippen LogP contribution in [0.25, 0.3) is 0 Å². The summed E-state index contributed by atoms with van der Waals surface area (Å²) in [5.74, 6) is -1.05. The van der Waals surface area contributed by atoms with Gasteiger partial charge in [-0.25, -0.2) is 0 Å². The van der Waals surface area contributed by atoms with Crippen LogP contribution in [0.4, 0.5) is 0 Å². The Balaban J connectivity index is 2.83. The first-order chi connectivity index (χ1) is 9.40. The van der Waals surface area contributed by atoms with Crippen molar-refractivity contribution in [3.63, 3.8) is 0 Å². The smallest absolute Gasteiger partial charge is 0.303 e. The second-order valence-corrected chi connectivity index (χ2v) is 4.34. The molecule has 0 aliphatic carbocycles. The zero-order valence-corrected chi connectivity index (χ0v) is 11.9. The molecule has 1 N–H and O–H groups in total. The maximum atomic E-state index is 11.1. The Hall–Kier alpha value is -1.22. The number of rotatable bonds is 5. The second-order valence-electron chi connectivity index (χ2n) is 4.34. The van der Waals surface area contributed by atoms with E-state index in [1.54, 1.807) is 0 Å². The molecule has 0 bridgehead atoms. The van der Waals surface area contributed by atoms with Crippen molar-refractivity contribution in [1.82, 2.24) is 0 Å². The summed E-state index contributed by atoms with van der Waals surface area (Å²) in [6.45, 7) is 2.38. The molecule has 0 amide bonds. The molecule has 1 heterocycles. The van der Waals surface area contributed by atoms with E-state index in [4.69, 9.17) is 23.7 Å². The number of carbonyl (C=O) groups excluding carboxylic acids is 2. The number of aliphatic hydroxyl groups excluding tert-OH is 1. The Kier molecular flexibility index (Phi) is 6.34. The van der Waals surface area contributed by atoms with E-state index in [1.165, 1.54) is 28.1 Å². The number of methoxy groups -OCH3 is 2. The van der Waals surface area contributed by atoms with Crippen LogP contribution in [0.5, 0.6) is 0 Å². The van der Waals surface area contributed by atoms with Crippen LogP contribution in [0, 0.1) is 0 Å². The Morgan fingerprint density at radius 1 is 1.05 bits per heavy atom. The molecule has 0 aromatic rings. The van der Waals surface area contributed by atoms with Gasteiger partial charge >= 0.3 is 11.9 Å². The summed E-state index contributed by atoms with van der Waals surface area (Å²) in [5, 5.41) is 9.89. The molecule has 1 fully saturated rings. The molecular formula is C12H20O8. The summed E-state index contributed by atoms with van der Waals surface area (Å²) in [4.78, 5) is 21.9. The molecule has 0 radical (unpaired) electrons. The van der Waals surface area contributed by atoms with Gasteiger partial charge < -0.3 is 28.8 Å². The van der Waals surface area contributed by atoms with Crippen LogP contribution < -0.4 is 0 Å². The first kappa shape index (κ1) is 16.8. The van der Waals surface area contributed by atoms with Gasteiger partial charge in [0.15, 0.2) is 12.4 Å². The Morgan fingerprint density at radius 3 is 2.10 bits per heavy atom. The SMILES string of the molecule is CO[C@@H]1[C@@H](OC(C)=O)[C@H](O)O[C@H](COC(C)=O)[C@H]1OC. The van der Waals surface area contributed by atoms with Gasteiger partial charge in [0.2, 0.25) is 0 Å². The van der Waals surface area contributed by atoms with E-state index in [9.17, 15) is 14.7 Å². The first-order valence-electron chi connectivity index (χ1n) is 6.10. The van der Waals surface area contributed by atoms with Crippen molar-refractivity contribution in [3.05, 3.63) is 0 Å². The van der Waals surface area contributed by atoms with Crippen molar-refractivity contribution in [2.45, 2.75) is 44.6 Å². The highest BCUT2D eigenvalue weighted by molar-refractivity contribution is 5.66. The highest BCUT2D eigenvalue weighted by Crippen LogP contribution is 2.26. The van der Waals surface area contributed by atoms with Crippen LogP contribution in [0.2, 0.25) is 0 Å². The minimum absolute atomic E-state index is 0.0997. The van der Waals surface area contributed by atoms with Crippen molar-refractivity contribution < 1.29 is 38.4 Å². The third-order valence-corrected chi connectivity index (χ3v) is 2.91. The molecule has 1 aliphatic heterocycles. The Morgan fingerprint density at radius 2 is 1.65 bits per heavy atom.